The minimum Gasteiger partial charge on any atom is -0.375 e. The highest BCUT2D eigenvalue weighted by atomic mass is 19.3. The highest BCUT2D eigenvalue weighted by Gasteiger charge is 2.48. The number of hydrogen-bond acceptors (Lipinski definition) is 4. The predicted octanol–water partition coefficient (Wildman–Crippen LogP) is 1.93. The van der Waals surface area contributed by atoms with Crippen LogP contribution in [0.1, 0.15) is 17.3 Å². The van der Waals surface area contributed by atoms with Crippen molar-refractivity contribution in [2.75, 3.05) is 32.8 Å². The number of rotatable bonds is 6. The molecular formula is C19H22F2N4O2. The Morgan fingerprint density at radius 2 is 2.04 bits per heavy atom. The maximum atomic E-state index is 13.1. The Kier molecular flexibility index (Phi) is 4.92. The Balaban J connectivity index is 1.33. The summed E-state index contributed by atoms with van der Waals surface area (Å²) in [5.41, 5.74) is 2.02. The predicted molar refractivity (Wildman–Crippen MR) is 94.2 cm³/mol. The summed E-state index contributed by atoms with van der Waals surface area (Å²) in [6, 6.07) is 9.42. The van der Waals surface area contributed by atoms with Crippen LogP contribution in [0, 0.1) is 0 Å². The molecule has 1 amide bonds. The molecule has 0 aliphatic carbocycles. The fourth-order valence-corrected chi connectivity index (χ4v) is 3.57. The molecule has 27 heavy (non-hydrogen) atoms. The SMILES string of the molecule is O=C([C@H]1CN(CCOCc2ccccc2)Cc2cncn21)N1CC(F)(F)C1. The van der Waals surface area contributed by atoms with Crippen LogP contribution in [0.3, 0.4) is 0 Å². The van der Waals surface area contributed by atoms with Gasteiger partial charge in [-0.05, 0) is 5.56 Å². The van der Waals surface area contributed by atoms with Gasteiger partial charge in [-0.15, -0.1) is 0 Å². The Labute approximate surface area is 156 Å². The summed E-state index contributed by atoms with van der Waals surface area (Å²) < 4.78 is 33.8. The van der Waals surface area contributed by atoms with Crippen molar-refractivity contribution in [3.8, 4) is 0 Å². The molecule has 0 radical (unpaired) electrons. The molecular weight excluding hydrogens is 354 g/mol. The Morgan fingerprint density at radius 1 is 1.26 bits per heavy atom. The summed E-state index contributed by atoms with van der Waals surface area (Å²) in [7, 11) is 0. The second kappa shape index (κ2) is 7.36. The fourth-order valence-electron chi connectivity index (χ4n) is 3.57. The average Bonchev–Trinajstić information content (AvgIpc) is 3.11. The van der Waals surface area contributed by atoms with Crippen LogP contribution in [0.2, 0.25) is 0 Å². The standard InChI is InChI=1S/C19H22F2N4O2/c20-19(21)12-24(13-19)18(26)17-10-23(9-16-8-22-14-25(16)17)6-7-27-11-15-4-2-1-3-5-15/h1-5,8,14,17H,6-7,9-13H2/t17-/m1/s1. The van der Waals surface area contributed by atoms with E-state index in [1.807, 2.05) is 30.3 Å². The lowest BCUT2D eigenvalue weighted by Gasteiger charge is -2.42. The number of likely N-dealkylation sites (tertiary alicyclic amines) is 1. The van der Waals surface area contributed by atoms with E-state index in [2.05, 4.69) is 9.88 Å². The van der Waals surface area contributed by atoms with Crippen LogP contribution < -0.4 is 0 Å². The molecule has 6 nitrogen and oxygen atoms in total. The van der Waals surface area contributed by atoms with E-state index >= 15 is 0 Å². The van der Waals surface area contributed by atoms with E-state index in [-0.39, 0.29) is 5.91 Å². The van der Waals surface area contributed by atoms with Crippen molar-refractivity contribution >= 4 is 5.91 Å². The number of fused-ring (bicyclic) bond motifs is 1. The summed E-state index contributed by atoms with van der Waals surface area (Å²) >= 11 is 0. The van der Waals surface area contributed by atoms with Crippen LogP contribution in [0.15, 0.2) is 42.9 Å². The zero-order valence-electron chi connectivity index (χ0n) is 14.9. The van der Waals surface area contributed by atoms with Crippen LogP contribution in [0.25, 0.3) is 0 Å². The van der Waals surface area contributed by atoms with E-state index in [1.54, 1.807) is 17.1 Å². The van der Waals surface area contributed by atoms with Gasteiger partial charge in [0.05, 0.1) is 38.3 Å². The lowest BCUT2D eigenvalue weighted by Crippen LogP contribution is -2.61. The van der Waals surface area contributed by atoms with Gasteiger partial charge in [-0.1, -0.05) is 30.3 Å². The number of amides is 1. The molecule has 1 fully saturated rings. The first-order chi connectivity index (χ1) is 13.0. The summed E-state index contributed by atoms with van der Waals surface area (Å²) in [5.74, 6) is -3.03. The van der Waals surface area contributed by atoms with Crippen LogP contribution in [0.5, 0.6) is 0 Å². The second-order valence-corrected chi connectivity index (χ2v) is 7.13. The molecule has 1 aromatic carbocycles. The van der Waals surface area contributed by atoms with Crippen LogP contribution in [0.4, 0.5) is 8.78 Å². The van der Waals surface area contributed by atoms with Gasteiger partial charge in [-0.2, -0.15) is 0 Å². The average molecular weight is 376 g/mol. The molecule has 2 aliphatic heterocycles. The van der Waals surface area contributed by atoms with Gasteiger partial charge < -0.3 is 14.2 Å². The van der Waals surface area contributed by atoms with Crippen molar-refractivity contribution < 1.29 is 18.3 Å². The zero-order chi connectivity index (χ0) is 18.9. The number of halogens is 2. The molecule has 144 valence electrons. The van der Waals surface area contributed by atoms with Crippen molar-refractivity contribution in [3.05, 3.63) is 54.1 Å². The van der Waals surface area contributed by atoms with Crippen LogP contribution in [-0.2, 0) is 22.7 Å². The number of hydrogen-bond donors (Lipinski definition) is 0. The molecule has 8 heteroatoms. The van der Waals surface area contributed by atoms with E-state index in [1.165, 1.54) is 4.90 Å². The van der Waals surface area contributed by atoms with Gasteiger partial charge in [0.25, 0.3) is 5.92 Å². The summed E-state index contributed by atoms with van der Waals surface area (Å²) in [4.78, 5) is 20.1. The number of carbonyl (C=O) groups is 1. The van der Waals surface area contributed by atoms with Gasteiger partial charge in [0, 0.05) is 25.8 Å². The van der Waals surface area contributed by atoms with Crippen molar-refractivity contribution in [3.63, 3.8) is 0 Å². The first-order valence-corrected chi connectivity index (χ1v) is 9.03. The number of ether oxygens (including phenoxy) is 1. The van der Waals surface area contributed by atoms with E-state index in [4.69, 9.17) is 4.74 Å². The van der Waals surface area contributed by atoms with Crippen molar-refractivity contribution in [2.24, 2.45) is 0 Å². The van der Waals surface area contributed by atoms with E-state index in [0.717, 1.165) is 11.3 Å². The molecule has 0 saturated carbocycles. The lowest BCUT2D eigenvalue weighted by molar-refractivity contribution is -0.170. The molecule has 2 aliphatic rings. The molecule has 0 bridgehead atoms. The number of benzene rings is 1. The van der Waals surface area contributed by atoms with Gasteiger partial charge >= 0.3 is 0 Å². The third-order valence-electron chi connectivity index (χ3n) is 5.00. The number of aromatic nitrogens is 2. The van der Waals surface area contributed by atoms with Crippen LogP contribution >= 0.6 is 0 Å². The van der Waals surface area contributed by atoms with Gasteiger partial charge in [0.15, 0.2) is 0 Å². The first kappa shape index (κ1) is 18.1. The van der Waals surface area contributed by atoms with E-state index in [0.29, 0.717) is 32.8 Å². The highest BCUT2D eigenvalue weighted by molar-refractivity contribution is 5.82. The largest absolute Gasteiger partial charge is 0.375 e. The highest BCUT2D eigenvalue weighted by Crippen LogP contribution is 2.31. The molecule has 0 N–H and O–H groups in total. The van der Waals surface area contributed by atoms with Crippen molar-refractivity contribution in [1.29, 1.82) is 0 Å². The van der Waals surface area contributed by atoms with Gasteiger partial charge in [0.1, 0.15) is 6.04 Å². The summed E-state index contributed by atoms with van der Waals surface area (Å²) in [5, 5.41) is 0. The molecule has 1 saturated heterocycles. The minimum atomic E-state index is -2.76. The van der Waals surface area contributed by atoms with Crippen molar-refractivity contribution in [2.45, 2.75) is 25.1 Å². The molecule has 4 rings (SSSR count). The summed E-state index contributed by atoms with van der Waals surface area (Å²) in [6.07, 6.45) is 3.33. The molecule has 3 heterocycles. The maximum Gasteiger partial charge on any atom is 0.282 e. The Hall–Kier alpha value is -2.32. The number of alkyl halides is 2. The summed E-state index contributed by atoms with van der Waals surface area (Å²) in [6.45, 7) is 1.88. The monoisotopic (exact) mass is 376 g/mol. The van der Waals surface area contributed by atoms with Gasteiger partial charge in [-0.3, -0.25) is 9.69 Å². The smallest absolute Gasteiger partial charge is 0.282 e. The van der Waals surface area contributed by atoms with Gasteiger partial charge in [-0.25, -0.2) is 13.8 Å². The molecule has 1 aromatic heterocycles. The zero-order valence-corrected chi connectivity index (χ0v) is 14.9. The third-order valence-corrected chi connectivity index (χ3v) is 5.00. The number of imidazole rings is 1. The quantitative estimate of drug-likeness (QED) is 0.723. The number of carbonyl (C=O) groups excluding carboxylic acids is 1. The Bertz CT molecular complexity index is 788. The molecule has 2 aromatic rings. The maximum absolute atomic E-state index is 13.1. The van der Waals surface area contributed by atoms with Crippen LogP contribution in [-0.4, -0.2) is 64.0 Å². The lowest BCUT2D eigenvalue weighted by atomic mass is 10.1. The first-order valence-electron chi connectivity index (χ1n) is 9.03. The molecule has 0 unspecified atom stereocenters. The fraction of sp³-hybridized carbons (Fsp3) is 0.474. The topological polar surface area (TPSA) is 50.6 Å². The van der Waals surface area contributed by atoms with E-state index in [9.17, 15) is 13.6 Å². The number of nitrogens with zero attached hydrogens (tertiary/aromatic N) is 4. The second-order valence-electron chi connectivity index (χ2n) is 7.13. The minimum absolute atomic E-state index is 0.268. The van der Waals surface area contributed by atoms with E-state index < -0.39 is 25.1 Å². The Morgan fingerprint density at radius 3 is 2.78 bits per heavy atom. The van der Waals surface area contributed by atoms with Gasteiger partial charge in [0.2, 0.25) is 5.91 Å². The third kappa shape index (κ3) is 4.01. The molecule has 0 spiro atoms. The normalized spacial score (nSPS) is 21.6. The molecule has 1 atom stereocenters. The van der Waals surface area contributed by atoms with Crippen molar-refractivity contribution in [1.82, 2.24) is 19.4 Å².